The van der Waals surface area contributed by atoms with E-state index in [1.807, 2.05) is 29.2 Å². The fraction of sp³-hybridized carbons (Fsp3) is 0.429. The highest BCUT2D eigenvalue weighted by atomic mass is 35.5. The number of Topliss-reactive ketones (excluding diaryl/α,β-unsaturated/α-hetero) is 1. The highest BCUT2D eigenvalue weighted by molar-refractivity contribution is 6.36. The lowest BCUT2D eigenvalue weighted by molar-refractivity contribution is -0.197. The van der Waals surface area contributed by atoms with Gasteiger partial charge in [0.25, 0.3) is 5.91 Å². The van der Waals surface area contributed by atoms with Gasteiger partial charge in [-0.15, -0.1) is 0 Å². The number of amides is 1. The van der Waals surface area contributed by atoms with Gasteiger partial charge in [0.15, 0.2) is 11.6 Å². The molecule has 14 heteroatoms. The first-order valence-electron chi connectivity index (χ1n) is 16.2. The number of ketones is 1. The van der Waals surface area contributed by atoms with Crippen LogP contribution in [-0.2, 0) is 9.59 Å². The number of benzene rings is 2. The summed E-state index contributed by atoms with van der Waals surface area (Å²) in [6.07, 6.45) is 5.77. The number of fused-ring (bicyclic) bond motifs is 3. The van der Waals surface area contributed by atoms with E-state index >= 15 is 4.39 Å². The molecule has 0 spiro atoms. The molecular weight excluding hydrogens is 653 g/mol. The van der Waals surface area contributed by atoms with Crippen molar-refractivity contribution in [2.24, 2.45) is 0 Å². The maximum Gasteiger partial charge on any atom is 0.319 e. The molecule has 0 aliphatic carbocycles. The molecule has 2 N–H and O–H groups in total. The van der Waals surface area contributed by atoms with Crippen LogP contribution in [0.3, 0.4) is 0 Å². The fourth-order valence-electron chi connectivity index (χ4n) is 7.16. The number of piperazine rings is 1. The standard InChI is InChI=1S/C33H34ClFN6O5.C2H3N/c1-20(42)33(44,45)30(43)40-16-14-39(15-17-40)29-23-18-36-27(22-8-2-6-21-7-3-9-24(34)25(21)22)26(35)28(23)37-31(38-29)46-19-32-10-4-12-41(32)13-5-11-32;1-2-3/h2-3,6-9,18,44-45H,4-5,10-17,19H2,1H3;1H3. The summed E-state index contributed by atoms with van der Waals surface area (Å²) in [5, 5.41) is 29.7. The molecule has 256 valence electrons. The van der Waals surface area contributed by atoms with Gasteiger partial charge in [-0.25, -0.2) is 4.39 Å². The maximum atomic E-state index is 16.7. The van der Waals surface area contributed by atoms with Crippen LogP contribution in [-0.4, -0.2) is 104 Å². The van der Waals surface area contributed by atoms with Crippen molar-refractivity contribution in [3.8, 4) is 23.3 Å². The van der Waals surface area contributed by atoms with Gasteiger partial charge >= 0.3 is 11.8 Å². The number of pyridine rings is 1. The van der Waals surface area contributed by atoms with E-state index in [0.717, 1.165) is 51.1 Å². The van der Waals surface area contributed by atoms with Crippen LogP contribution >= 0.6 is 11.6 Å². The van der Waals surface area contributed by atoms with Gasteiger partial charge in [-0.3, -0.25) is 19.5 Å². The zero-order valence-electron chi connectivity index (χ0n) is 27.3. The molecule has 7 rings (SSSR count). The van der Waals surface area contributed by atoms with Gasteiger partial charge in [-0.2, -0.15) is 15.2 Å². The zero-order chi connectivity index (χ0) is 34.9. The molecule has 3 fully saturated rings. The number of nitriles is 1. The lowest BCUT2D eigenvalue weighted by Crippen LogP contribution is -2.58. The predicted octanol–water partition coefficient (Wildman–Crippen LogP) is 4.09. The number of rotatable bonds is 7. The number of hydrogen-bond acceptors (Lipinski definition) is 11. The van der Waals surface area contributed by atoms with Crippen molar-refractivity contribution in [3.63, 3.8) is 0 Å². The minimum Gasteiger partial charge on any atom is -0.461 e. The van der Waals surface area contributed by atoms with Gasteiger partial charge in [0.1, 0.15) is 23.6 Å². The molecule has 0 saturated carbocycles. The van der Waals surface area contributed by atoms with Crippen molar-refractivity contribution in [1.29, 1.82) is 5.26 Å². The quantitative estimate of drug-likeness (QED) is 0.213. The van der Waals surface area contributed by atoms with Crippen LogP contribution in [0.4, 0.5) is 10.2 Å². The van der Waals surface area contributed by atoms with E-state index < -0.39 is 23.3 Å². The Bertz CT molecular complexity index is 1950. The number of aromatic nitrogens is 3. The molecule has 4 aromatic rings. The highest BCUT2D eigenvalue weighted by Crippen LogP contribution is 2.40. The summed E-state index contributed by atoms with van der Waals surface area (Å²) in [7, 11) is 0. The minimum absolute atomic E-state index is 0.0427. The number of ether oxygens (including phenoxy) is 1. The van der Waals surface area contributed by atoms with Gasteiger partial charge in [-0.1, -0.05) is 41.9 Å². The summed E-state index contributed by atoms with van der Waals surface area (Å²) in [6, 6.07) is 12.8. The predicted molar refractivity (Wildman–Crippen MR) is 181 cm³/mol. The van der Waals surface area contributed by atoms with Gasteiger partial charge in [0.2, 0.25) is 0 Å². The van der Waals surface area contributed by atoms with Crippen LogP contribution < -0.4 is 9.64 Å². The smallest absolute Gasteiger partial charge is 0.319 e. The minimum atomic E-state index is -3.09. The number of carbonyl (C=O) groups is 2. The van der Waals surface area contributed by atoms with E-state index in [2.05, 4.69) is 14.9 Å². The molecule has 49 heavy (non-hydrogen) atoms. The van der Waals surface area contributed by atoms with E-state index in [0.29, 0.717) is 33.8 Å². The Balaban J connectivity index is 0.00000134. The van der Waals surface area contributed by atoms with Gasteiger partial charge in [0, 0.05) is 62.2 Å². The second kappa shape index (κ2) is 13.8. The molecule has 3 saturated heterocycles. The molecule has 12 nitrogen and oxygen atoms in total. The molecule has 0 atom stereocenters. The van der Waals surface area contributed by atoms with Crippen LogP contribution in [0.15, 0.2) is 42.6 Å². The maximum absolute atomic E-state index is 16.7. The Morgan fingerprint density at radius 1 is 1.06 bits per heavy atom. The second-order valence-corrected chi connectivity index (χ2v) is 13.0. The van der Waals surface area contributed by atoms with Gasteiger partial charge in [-0.05, 0) is 50.2 Å². The number of carbonyl (C=O) groups excluding carboxylic acids is 2. The van der Waals surface area contributed by atoms with E-state index in [4.69, 9.17) is 26.6 Å². The Morgan fingerprint density at radius 2 is 1.71 bits per heavy atom. The number of hydrogen-bond donors (Lipinski definition) is 2. The average molecular weight is 690 g/mol. The van der Waals surface area contributed by atoms with E-state index in [-0.39, 0.29) is 48.9 Å². The third kappa shape index (κ3) is 6.37. The Morgan fingerprint density at radius 3 is 2.37 bits per heavy atom. The van der Waals surface area contributed by atoms with Crippen molar-refractivity contribution < 1.29 is 28.9 Å². The van der Waals surface area contributed by atoms with Crippen LogP contribution in [0.5, 0.6) is 6.01 Å². The molecular formula is C35H37ClFN7O5. The monoisotopic (exact) mass is 689 g/mol. The van der Waals surface area contributed by atoms with E-state index in [1.54, 1.807) is 18.2 Å². The van der Waals surface area contributed by atoms with Crippen molar-refractivity contribution in [2.75, 3.05) is 50.8 Å². The fourth-order valence-corrected chi connectivity index (χ4v) is 7.44. The summed E-state index contributed by atoms with van der Waals surface area (Å²) < 4.78 is 22.9. The molecule has 5 heterocycles. The average Bonchev–Trinajstić information content (AvgIpc) is 3.68. The van der Waals surface area contributed by atoms with Crippen LogP contribution in [0.2, 0.25) is 5.02 Å². The number of aliphatic hydroxyl groups is 2. The van der Waals surface area contributed by atoms with Gasteiger partial charge in [0.05, 0.1) is 17.0 Å². The third-order valence-electron chi connectivity index (χ3n) is 9.69. The molecule has 3 aliphatic rings. The molecule has 2 aromatic carbocycles. The lowest BCUT2D eigenvalue weighted by atomic mass is 9.95. The largest absolute Gasteiger partial charge is 0.461 e. The molecule has 0 bridgehead atoms. The zero-order valence-corrected chi connectivity index (χ0v) is 28.1. The molecule has 2 aromatic heterocycles. The Hall–Kier alpha value is -4.48. The molecule has 1 amide bonds. The third-order valence-corrected chi connectivity index (χ3v) is 10.0. The van der Waals surface area contributed by atoms with Crippen LogP contribution in [0, 0.1) is 17.1 Å². The summed E-state index contributed by atoms with van der Waals surface area (Å²) >= 11 is 6.58. The number of nitrogens with zero attached hydrogens (tertiary/aromatic N) is 7. The normalized spacial score (nSPS) is 17.4. The SMILES string of the molecule is CC#N.CC(=O)C(O)(O)C(=O)N1CCN(c2nc(OCC34CCCN3CCC4)nc3c(F)c(-c4cccc5cccc(Cl)c45)ncc23)CC1. The van der Waals surface area contributed by atoms with Crippen LogP contribution in [0.25, 0.3) is 32.9 Å². The molecule has 0 radical (unpaired) electrons. The van der Waals surface area contributed by atoms with Gasteiger partial charge < -0.3 is 24.7 Å². The second-order valence-electron chi connectivity index (χ2n) is 12.6. The lowest BCUT2D eigenvalue weighted by Gasteiger charge is -2.37. The van der Waals surface area contributed by atoms with Crippen molar-refractivity contribution in [2.45, 2.75) is 50.9 Å². The topological polar surface area (TPSA) is 156 Å². The summed E-state index contributed by atoms with van der Waals surface area (Å²) in [4.78, 5) is 43.7. The number of halogens is 2. The summed E-state index contributed by atoms with van der Waals surface area (Å²) in [5.41, 5.74) is 0.593. The molecule has 3 aliphatic heterocycles. The van der Waals surface area contributed by atoms with Crippen LogP contribution in [0.1, 0.15) is 39.5 Å². The summed E-state index contributed by atoms with van der Waals surface area (Å²) in [6.45, 7) is 5.44. The number of anilines is 1. The first-order valence-corrected chi connectivity index (χ1v) is 16.6. The summed E-state index contributed by atoms with van der Waals surface area (Å²) in [5.74, 6) is -5.48. The first-order chi connectivity index (χ1) is 23.5. The highest BCUT2D eigenvalue weighted by Gasteiger charge is 2.45. The molecule has 0 unspecified atom stereocenters. The van der Waals surface area contributed by atoms with E-state index in [1.165, 1.54) is 18.0 Å². The van der Waals surface area contributed by atoms with Crippen molar-refractivity contribution in [3.05, 3.63) is 53.4 Å². The van der Waals surface area contributed by atoms with Crippen molar-refractivity contribution in [1.82, 2.24) is 24.8 Å². The Kier molecular flexibility index (Phi) is 9.68. The van der Waals surface area contributed by atoms with Crippen molar-refractivity contribution >= 4 is 50.8 Å². The first kappa shape index (κ1) is 34.4. The Labute approximate surface area is 287 Å². The van der Waals surface area contributed by atoms with E-state index in [9.17, 15) is 19.8 Å².